The van der Waals surface area contributed by atoms with Crippen molar-refractivity contribution in [3.63, 3.8) is 0 Å². The largest absolute Gasteiger partial charge is 0.291 e. The Morgan fingerprint density at radius 1 is 1.32 bits per heavy atom. The van der Waals surface area contributed by atoms with E-state index < -0.39 is 0 Å². The predicted octanol–water partition coefficient (Wildman–Crippen LogP) is 3.49. The van der Waals surface area contributed by atoms with Crippen LogP contribution in [-0.4, -0.2) is 15.6 Å². The molecular weight excluding hydrogens is 304 g/mol. The molecule has 19 heavy (non-hydrogen) atoms. The average Bonchev–Trinajstić information content (AvgIpc) is 2.69. The number of nitrogens with zero attached hydrogens (tertiary/aromatic N) is 2. The third-order valence-corrected chi connectivity index (χ3v) is 4.66. The van der Waals surface area contributed by atoms with E-state index in [1.807, 2.05) is 25.2 Å². The molecule has 0 amide bonds. The van der Waals surface area contributed by atoms with Crippen molar-refractivity contribution in [2.24, 2.45) is 7.05 Å². The molecule has 1 saturated carbocycles. The van der Waals surface area contributed by atoms with Gasteiger partial charge in [-0.2, -0.15) is 5.10 Å². The van der Waals surface area contributed by atoms with E-state index >= 15 is 0 Å². The summed E-state index contributed by atoms with van der Waals surface area (Å²) in [5.41, 5.74) is 1.44. The van der Waals surface area contributed by atoms with E-state index in [4.69, 9.17) is 0 Å². The van der Waals surface area contributed by atoms with Crippen LogP contribution in [0, 0.1) is 0 Å². The molecule has 0 aliphatic heterocycles. The summed E-state index contributed by atoms with van der Waals surface area (Å²) in [5.74, 6) is 0.178. The summed E-state index contributed by atoms with van der Waals surface area (Å²) in [5, 5.41) is 4.15. The van der Waals surface area contributed by atoms with Crippen LogP contribution in [0.3, 0.4) is 0 Å². The minimum atomic E-state index is -0.350. The van der Waals surface area contributed by atoms with Crippen molar-refractivity contribution in [1.29, 1.82) is 0 Å². The van der Waals surface area contributed by atoms with Crippen LogP contribution >= 0.6 is 15.9 Å². The maximum Gasteiger partial charge on any atom is 0.192 e. The van der Waals surface area contributed by atoms with Gasteiger partial charge in [0, 0.05) is 7.05 Å². The monoisotopic (exact) mass is 318 g/mol. The molecule has 1 aliphatic rings. The average molecular weight is 319 g/mol. The van der Waals surface area contributed by atoms with E-state index in [1.165, 1.54) is 0 Å². The second-order valence-electron chi connectivity index (χ2n) is 5.10. The third-order valence-electron chi connectivity index (χ3n) is 4.08. The minimum Gasteiger partial charge on any atom is -0.291 e. The molecule has 0 bridgehead atoms. The lowest BCUT2D eigenvalue weighted by Crippen LogP contribution is -2.43. The topological polar surface area (TPSA) is 34.9 Å². The van der Waals surface area contributed by atoms with Crippen molar-refractivity contribution in [3.8, 4) is 0 Å². The van der Waals surface area contributed by atoms with E-state index in [2.05, 4.69) is 33.2 Å². The number of carbonyl (C=O) groups is 1. The Bertz CT molecular complexity index is 595. The highest BCUT2D eigenvalue weighted by atomic mass is 79.9. The fourth-order valence-corrected chi connectivity index (χ4v) is 3.36. The van der Waals surface area contributed by atoms with E-state index in [9.17, 15) is 4.79 Å². The summed E-state index contributed by atoms with van der Waals surface area (Å²) < 4.78 is 2.44. The Morgan fingerprint density at radius 2 is 2.00 bits per heavy atom. The first-order chi connectivity index (χ1) is 9.15. The van der Waals surface area contributed by atoms with Crippen LogP contribution in [-0.2, 0) is 12.5 Å². The van der Waals surface area contributed by atoms with Crippen molar-refractivity contribution in [1.82, 2.24) is 9.78 Å². The number of aryl methyl sites for hydroxylation is 1. The van der Waals surface area contributed by atoms with E-state index in [0.717, 1.165) is 29.3 Å². The van der Waals surface area contributed by atoms with Crippen LogP contribution in [0.4, 0.5) is 0 Å². The second kappa shape index (κ2) is 4.60. The van der Waals surface area contributed by atoms with E-state index in [1.54, 1.807) is 10.9 Å². The lowest BCUT2D eigenvalue weighted by molar-refractivity contribution is 0.0777. The van der Waals surface area contributed by atoms with Gasteiger partial charge in [-0.15, -0.1) is 0 Å². The Morgan fingerprint density at radius 3 is 2.47 bits per heavy atom. The highest BCUT2D eigenvalue weighted by Gasteiger charge is 2.47. The Kier molecular flexibility index (Phi) is 3.05. The minimum absolute atomic E-state index is 0.178. The predicted molar refractivity (Wildman–Crippen MR) is 77.2 cm³/mol. The van der Waals surface area contributed by atoms with Crippen LogP contribution in [0.25, 0.3) is 0 Å². The van der Waals surface area contributed by atoms with Crippen molar-refractivity contribution in [2.75, 3.05) is 0 Å². The molecule has 0 saturated heterocycles. The Balaban J connectivity index is 2.07. The van der Waals surface area contributed by atoms with Gasteiger partial charge in [-0.1, -0.05) is 36.8 Å². The SMILES string of the molecule is Cn1ncc(Br)c1C(=O)C1(c2ccccc2)CCC1. The zero-order valence-electron chi connectivity index (χ0n) is 10.8. The van der Waals surface area contributed by atoms with Gasteiger partial charge in [0.15, 0.2) is 5.78 Å². The van der Waals surface area contributed by atoms with Crippen LogP contribution in [0.1, 0.15) is 35.3 Å². The molecule has 3 rings (SSSR count). The highest BCUT2D eigenvalue weighted by Crippen LogP contribution is 2.46. The lowest BCUT2D eigenvalue weighted by Gasteiger charge is -2.40. The van der Waals surface area contributed by atoms with Gasteiger partial charge >= 0.3 is 0 Å². The number of hydrogen-bond acceptors (Lipinski definition) is 2. The molecule has 0 atom stereocenters. The molecule has 0 unspecified atom stereocenters. The Labute approximate surface area is 120 Å². The van der Waals surface area contributed by atoms with Gasteiger partial charge in [0.05, 0.1) is 16.1 Å². The maximum absolute atomic E-state index is 13.0. The van der Waals surface area contributed by atoms with Crippen molar-refractivity contribution in [3.05, 3.63) is 52.3 Å². The van der Waals surface area contributed by atoms with Gasteiger partial charge in [0.1, 0.15) is 5.69 Å². The first kappa shape index (κ1) is 12.6. The van der Waals surface area contributed by atoms with Gasteiger partial charge in [-0.05, 0) is 34.3 Å². The fourth-order valence-electron chi connectivity index (χ4n) is 2.83. The summed E-state index contributed by atoms with van der Waals surface area (Å²) in [7, 11) is 1.81. The molecule has 1 heterocycles. The van der Waals surface area contributed by atoms with E-state index in [0.29, 0.717) is 5.69 Å². The van der Waals surface area contributed by atoms with Gasteiger partial charge in [0.25, 0.3) is 0 Å². The molecular formula is C15H15BrN2O. The molecule has 1 aromatic heterocycles. The van der Waals surface area contributed by atoms with Crippen molar-refractivity contribution < 1.29 is 4.79 Å². The highest BCUT2D eigenvalue weighted by molar-refractivity contribution is 9.10. The lowest BCUT2D eigenvalue weighted by atomic mass is 9.61. The summed E-state index contributed by atoms with van der Waals surface area (Å²) in [6.45, 7) is 0. The first-order valence-corrected chi connectivity index (χ1v) is 7.22. The standard InChI is InChI=1S/C15H15BrN2O/c1-18-13(12(16)10-17-18)14(19)15(8-5-9-15)11-6-3-2-4-7-11/h2-4,6-7,10H,5,8-9H2,1H3. The maximum atomic E-state index is 13.0. The fraction of sp³-hybridized carbons (Fsp3) is 0.333. The molecule has 98 valence electrons. The molecule has 1 fully saturated rings. The Hall–Kier alpha value is -1.42. The van der Waals surface area contributed by atoms with Crippen LogP contribution in [0.15, 0.2) is 41.0 Å². The van der Waals surface area contributed by atoms with Gasteiger partial charge in [-0.3, -0.25) is 9.48 Å². The van der Waals surface area contributed by atoms with Crippen LogP contribution in [0.2, 0.25) is 0 Å². The number of rotatable bonds is 3. The molecule has 0 radical (unpaired) electrons. The number of aromatic nitrogens is 2. The molecule has 2 aromatic rings. The van der Waals surface area contributed by atoms with Crippen molar-refractivity contribution >= 4 is 21.7 Å². The zero-order chi connectivity index (χ0) is 13.5. The molecule has 1 aliphatic carbocycles. The summed E-state index contributed by atoms with van der Waals surface area (Å²) in [4.78, 5) is 13.0. The quantitative estimate of drug-likeness (QED) is 0.812. The van der Waals surface area contributed by atoms with Gasteiger partial charge in [-0.25, -0.2) is 0 Å². The normalized spacial score (nSPS) is 16.9. The van der Waals surface area contributed by atoms with Gasteiger partial charge in [0.2, 0.25) is 0 Å². The van der Waals surface area contributed by atoms with Crippen LogP contribution < -0.4 is 0 Å². The summed E-state index contributed by atoms with van der Waals surface area (Å²) in [6.07, 6.45) is 4.64. The number of ketones is 1. The van der Waals surface area contributed by atoms with Crippen LogP contribution in [0.5, 0.6) is 0 Å². The molecule has 3 nitrogen and oxygen atoms in total. The number of Topliss-reactive ketones (excluding diaryl/α,β-unsaturated/α-hetero) is 1. The molecule has 0 spiro atoms. The molecule has 4 heteroatoms. The summed E-state index contributed by atoms with van der Waals surface area (Å²) >= 11 is 3.43. The number of carbonyl (C=O) groups excluding carboxylic acids is 1. The summed E-state index contributed by atoms with van der Waals surface area (Å²) in [6, 6.07) is 10.1. The smallest absolute Gasteiger partial charge is 0.192 e. The van der Waals surface area contributed by atoms with E-state index in [-0.39, 0.29) is 11.2 Å². The first-order valence-electron chi connectivity index (χ1n) is 6.43. The molecule has 0 N–H and O–H groups in total. The third kappa shape index (κ3) is 1.86. The van der Waals surface area contributed by atoms with Crippen molar-refractivity contribution in [2.45, 2.75) is 24.7 Å². The van der Waals surface area contributed by atoms with Gasteiger partial charge < -0.3 is 0 Å². The zero-order valence-corrected chi connectivity index (χ0v) is 12.4. The number of halogens is 1. The number of benzene rings is 1. The molecule has 1 aromatic carbocycles. The second-order valence-corrected chi connectivity index (χ2v) is 5.95. The number of hydrogen-bond donors (Lipinski definition) is 0.